The van der Waals surface area contributed by atoms with Gasteiger partial charge < -0.3 is 9.52 Å². The molecule has 0 atom stereocenters. The highest BCUT2D eigenvalue weighted by Gasteiger charge is 2.19. The Kier molecular flexibility index (Phi) is 3.78. The van der Waals surface area contributed by atoms with Crippen molar-refractivity contribution < 1.29 is 14.3 Å². The monoisotopic (exact) mass is 370 g/mol. The number of rotatable bonds is 3. The third-order valence-electron chi connectivity index (χ3n) is 3.78. The maximum atomic E-state index is 11.6. The Bertz CT molecular complexity index is 1120. The van der Waals surface area contributed by atoms with Crippen LogP contribution < -0.4 is 0 Å². The fourth-order valence-corrected chi connectivity index (χ4v) is 3.97. The van der Waals surface area contributed by atoms with Crippen LogP contribution >= 0.6 is 22.9 Å². The topological polar surface area (TPSA) is 76.2 Å². The molecule has 25 heavy (non-hydrogen) atoms. The number of hydrogen-bond acceptors (Lipinski definition) is 6. The lowest BCUT2D eigenvalue weighted by Crippen LogP contribution is -1.93. The molecule has 7 heteroatoms. The second kappa shape index (κ2) is 5.98. The van der Waals surface area contributed by atoms with Crippen molar-refractivity contribution in [2.45, 2.75) is 6.92 Å². The molecule has 4 aromatic rings. The first kappa shape index (κ1) is 15.8. The number of phenols is 1. The highest BCUT2D eigenvalue weighted by molar-refractivity contribution is 7.23. The molecule has 0 aliphatic carbocycles. The van der Waals surface area contributed by atoms with Gasteiger partial charge in [-0.15, -0.1) is 21.5 Å². The van der Waals surface area contributed by atoms with Gasteiger partial charge in [-0.3, -0.25) is 4.79 Å². The number of hydrogen-bond donors (Lipinski definition) is 1. The summed E-state index contributed by atoms with van der Waals surface area (Å²) in [5.74, 6) is 0.250. The van der Waals surface area contributed by atoms with Gasteiger partial charge in [-0.1, -0.05) is 29.8 Å². The smallest absolute Gasteiger partial charge is 0.259 e. The van der Waals surface area contributed by atoms with Gasteiger partial charge in [-0.2, -0.15) is 0 Å². The molecule has 4 rings (SSSR count). The molecule has 2 heterocycles. The van der Waals surface area contributed by atoms with Crippen molar-refractivity contribution in [1.29, 1.82) is 0 Å². The largest absolute Gasteiger partial charge is 0.507 e. The molecule has 0 amide bonds. The molecule has 0 fully saturated rings. The highest BCUT2D eigenvalue weighted by atomic mass is 35.5. The van der Waals surface area contributed by atoms with Crippen molar-refractivity contribution in [1.82, 2.24) is 10.2 Å². The summed E-state index contributed by atoms with van der Waals surface area (Å²) >= 11 is 7.91. The van der Waals surface area contributed by atoms with Crippen LogP contribution in [0, 0.1) is 0 Å². The summed E-state index contributed by atoms with van der Waals surface area (Å²) in [6.45, 7) is 1.38. The van der Waals surface area contributed by atoms with Crippen molar-refractivity contribution in [3.63, 3.8) is 0 Å². The zero-order chi connectivity index (χ0) is 17.6. The number of Topliss-reactive ketones (excluding diaryl/α,β-unsaturated/α-hetero) is 1. The molecule has 0 spiro atoms. The van der Waals surface area contributed by atoms with E-state index in [-0.39, 0.29) is 23.0 Å². The van der Waals surface area contributed by atoms with Crippen molar-refractivity contribution in [2.24, 2.45) is 0 Å². The summed E-state index contributed by atoms with van der Waals surface area (Å²) in [5, 5.41) is 19.4. The van der Waals surface area contributed by atoms with Gasteiger partial charge in [0.05, 0.1) is 10.6 Å². The lowest BCUT2D eigenvalue weighted by atomic mass is 10.1. The summed E-state index contributed by atoms with van der Waals surface area (Å²) in [6.07, 6.45) is 0. The van der Waals surface area contributed by atoms with Crippen molar-refractivity contribution in [3.8, 4) is 28.0 Å². The molecule has 1 N–H and O–H groups in total. The van der Waals surface area contributed by atoms with E-state index in [2.05, 4.69) is 10.2 Å². The molecule has 5 nitrogen and oxygen atoms in total. The Balaban J connectivity index is 1.79. The van der Waals surface area contributed by atoms with Crippen molar-refractivity contribution in [2.75, 3.05) is 0 Å². The normalized spacial score (nSPS) is 11.1. The fraction of sp³-hybridized carbons (Fsp3) is 0.0556. The van der Waals surface area contributed by atoms with Gasteiger partial charge >= 0.3 is 0 Å². The highest BCUT2D eigenvalue weighted by Crippen LogP contribution is 2.42. The van der Waals surface area contributed by atoms with Gasteiger partial charge in [-0.25, -0.2) is 0 Å². The van der Waals surface area contributed by atoms with Crippen LogP contribution in [0.4, 0.5) is 0 Å². The van der Waals surface area contributed by atoms with Gasteiger partial charge in [0.1, 0.15) is 10.6 Å². The number of ketones is 1. The number of carbonyl (C=O) groups excluding carboxylic acids is 1. The quantitative estimate of drug-likeness (QED) is 0.503. The van der Waals surface area contributed by atoms with E-state index in [1.165, 1.54) is 30.4 Å². The van der Waals surface area contributed by atoms with Gasteiger partial charge in [0, 0.05) is 15.6 Å². The molecule has 2 aromatic heterocycles. The Morgan fingerprint density at radius 3 is 2.68 bits per heavy atom. The predicted molar refractivity (Wildman–Crippen MR) is 97.2 cm³/mol. The summed E-state index contributed by atoms with van der Waals surface area (Å²) in [7, 11) is 0. The number of phenolic OH excluding ortho intramolecular Hbond substituents is 1. The first-order valence-electron chi connectivity index (χ1n) is 7.40. The van der Waals surface area contributed by atoms with Crippen LogP contribution in [0.25, 0.3) is 32.3 Å². The number of thiophene rings is 1. The number of carbonyl (C=O) groups is 1. The second-order valence-corrected chi connectivity index (χ2v) is 6.87. The maximum Gasteiger partial charge on any atom is 0.259 e. The average molecular weight is 371 g/mol. The molecular weight excluding hydrogens is 360 g/mol. The van der Waals surface area contributed by atoms with E-state index < -0.39 is 0 Å². The first-order chi connectivity index (χ1) is 12.0. The van der Waals surface area contributed by atoms with Gasteiger partial charge in [0.15, 0.2) is 5.78 Å². The number of halogens is 1. The standard InChI is InChI=1S/C18H11ClN2O3S/c1-9(22)12-8-10(6-7-13(12)23)17-20-21-18(24-17)16-15(19)11-4-2-3-5-14(11)25-16/h2-8,23H,1H3. The van der Waals surface area contributed by atoms with Crippen molar-refractivity contribution in [3.05, 3.63) is 53.1 Å². The van der Waals surface area contributed by atoms with Crippen molar-refractivity contribution >= 4 is 38.8 Å². The molecule has 0 bridgehead atoms. The number of aromatic hydroxyl groups is 1. The maximum absolute atomic E-state index is 11.6. The van der Waals surface area contributed by atoms with Crippen LogP contribution in [-0.2, 0) is 0 Å². The number of benzene rings is 2. The Morgan fingerprint density at radius 2 is 1.92 bits per heavy atom. The molecule has 0 saturated heterocycles. The van der Waals surface area contributed by atoms with Crippen LogP contribution in [0.2, 0.25) is 5.02 Å². The Hall–Kier alpha value is -2.70. The SMILES string of the molecule is CC(=O)c1cc(-c2nnc(-c3sc4ccccc4c3Cl)o2)ccc1O. The van der Waals surface area contributed by atoms with Crippen LogP contribution in [0.1, 0.15) is 17.3 Å². The van der Waals surface area contributed by atoms with E-state index in [0.717, 1.165) is 10.1 Å². The third-order valence-corrected chi connectivity index (χ3v) is 5.44. The molecule has 0 radical (unpaired) electrons. The van der Waals surface area contributed by atoms with E-state index in [4.69, 9.17) is 16.0 Å². The number of aromatic nitrogens is 2. The molecule has 0 aliphatic heterocycles. The average Bonchev–Trinajstić information content (AvgIpc) is 3.20. The summed E-state index contributed by atoms with van der Waals surface area (Å²) in [6, 6.07) is 12.4. The molecule has 0 saturated carbocycles. The first-order valence-corrected chi connectivity index (χ1v) is 8.59. The summed E-state index contributed by atoms with van der Waals surface area (Å²) in [4.78, 5) is 12.3. The van der Waals surface area contributed by atoms with E-state index in [1.54, 1.807) is 6.07 Å². The van der Waals surface area contributed by atoms with E-state index >= 15 is 0 Å². The van der Waals surface area contributed by atoms with E-state index in [9.17, 15) is 9.90 Å². The zero-order valence-electron chi connectivity index (χ0n) is 13.0. The minimum absolute atomic E-state index is 0.0801. The zero-order valence-corrected chi connectivity index (χ0v) is 14.6. The lowest BCUT2D eigenvalue weighted by Gasteiger charge is -2.01. The molecular formula is C18H11ClN2O3S. The number of nitrogens with zero attached hydrogens (tertiary/aromatic N) is 2. The van der Waals surface area contributed by atoms with Crippen LogP contribution in [-0.4, -0.2) is 21.1 Å². The Labute approximate surface area is 151 Å². The molecule has 2 aromatic carbocycles. The molecule has 124 valence electrons. The summed E-state index contributed by atoms with van der Waals surface area (Å²) < 4.78 is 6.78. The predicted octanol–water partition coefficient (Wildman–Crippen LogP) is 5.18. The van der Waals surface area contributed by atoms with Crippen LogP contribution in [0.15, 0.2) is 46.9 Å². The van der Waals surface area contributed by atoms with Gasteiger partial charge in [0.2, 0.25) is 5.89 Å². The van der Waals surface area contributed by atoms with E-state index in [1.807, 2.05) is 24.3 Å². The van der Waals surface area contributed by atoms with Crippen LogP contribution in [0.5, 0.6) is 5.75 Å². The van der Waals surface area contributed by atoms with Crippen LogP contribution in [0.3, 0.4) is 0 Å². The third kappa shape index (κ3) is 2.69. The molecule has 0 aliphatic rings. The minimum Gasteiger partial charge on any atom is -0.507 e. The minimum atomic E-state index is -0.244. The second-order valence-electron chi connectivity index (χ2n) is 5.44. The lowest BCUT2D eigenvalue weighted by molar-refractivity contribution is 0.101. The number of fused-ring (bicyclic) bond motifs is 1. The van der Waals surface area contributed by atoms with Gasteiger partial charge in [0.25, 0.3) is 5.89 Å². The summed E-state index contributed by atoms with van der Waals surface area (Å²) in [5.41, 5.74) is 0.760. The molecule has 0 unspecified atom stereocenters. The van der Waals surface area contributed by atoms with E-state index in [0.29, 0.717) is 21.4 Å². The fourth-order valence-electron chi connectivity index (χ4n) is 2.53. The van der Waals surface area contributed by atoms with Gasteiger partial charge in [-0.05, 0) is 31.2 Å². The Morgan fingerprint density at radius 1 is 1.16 bits per heavy atom.